The first-order chi connectivity index (χ1) is 7.20. The molecule has 0 aliphatic rings. The molecule has 0 bridgehead atoms. The highest BCUT2D eigenvalue weighted by Gasteiger charge is 1.90. The fraction of sp³-hybridized carbons (Fsp3) is 0.0833. The van der Waals surface area contributed by atoms with Crippen LogP contribution in [0.4, 0.5) is 0 Å². The molecule has 0 spiro atoms. The lowest BCUT2D eigenvalue weighted by Gasteiger charge is -1.88. The second kappa shape index (κ2) is 6.80. The fourth-order valence-electron chi connectivity index (χ4n) is 0.901. The number of hydrogen-bond acceptors (Lipinski definition) is 1. The molecule has 0 aliphatic carbocycles. The maximum atomic E-state index is 5.59. The molecular weight excluding hydrogens is 320 g/mol. The zero-order valence-corrected chi connectivity index (χ0v) is 11.2. The number of hydrogen-bond donors (Lipinski definition) is 0. The Bertz CT molecular complexity index is 382. The molecule has 0 radical (unpaired) electrons. The average molecular weight is 332 g/mol. The number of halogens is 2. The number of aryl methyl sites for hydroxylation is 1. The highest BCUT2D eigenvalue weighted by molar-refractivity contribution is 14.1. The van der Waals surface area contributed by atoms with Crippen molar-refractivity contribution in [3.05, 3.63) is 62.9 Å². The lowest BCUT2D eigenvalue weighted by atomic mass is 10.2. The zero-order valence-electron chi connectivity index (χ0n) is 8.32. The summed E-state index contributed by atoms with van der Waals surface area (Å²) in [5.74, 6) is 0. The van der Waals surface area contributed by atoms with Crippen LogP contribution >= 0.6 is 34.2 Å². The van der Waals surface area contributed by atoms with Crippen molar-refractivity contribution in [2.75, 3.05) is 0 Å². The average Bonchev–Trinajstić information content (AvgIpc) is 2.25. The lowest BCUT2D eigenvalue weighted by molar-refractivity contribution is 1.31. The summed E-state index contributed by atoms with van der Waals surface area (Å²) >= 11 is 7.72. The first kappa shape index (κ1) is 12.5. The van der Waals surface area contributed by atoms with Gasteiger partial charge in [-0.2, -0.15) is 0 Å². The van der Waals surface area contributed by atoms with Gasteiger partial charge in [-0.1, -0.05) is 47.5 Å². The predicted octanol–water partition coefficient (Wildman–Crippen LogP) is 4.33. The summed E-state index contributed by atoms with van der Waals surface area (Å²) in [5.41, 5.74) is 1.32. The predicted molar refractivity (Wildman–Crippen MR) is 73.1 cm³/mol. The Balaban J connectivity index is 0.000000151. The van der Waals surface area contributed by atoms with Gasteiger partial charge in [0.1, 0.15) is 5.15 Å². The van der Waals surface area contributed by atoms with Gasteiger partial charge < -0.3 is 0 Å². The van der Waals surface area contributed by atoms with Gasteiger partial charge in [-0.05, 0) is 41.6 Å². The van der Waals surface area contributed by atoms with Gasteiger partial charge in [0.15, 0.2) is 0 Å². The van der Waals surface area contributed by atoms with Crippen LogP contribution in [-0.2, 0) is 0 Å². The summed E-state index contributed by atoms with van der Waals surface area (Å²) in [5, 5.41) is 0.577. The van der Waals surface area contributed by atoms with Crippen LogP contribution in [0.25, 0.3) is 0 Å². The number of aromatic nitrogens is 1. The Morgan fingerprint density at radius 1 is 1.07 bits per heavy atom. The van der Waals surface area contributed by atoms with Crippen molar-refractivity contribution in [3.8, 4) is 0 Å². The van der Waals surface area contributed by atoms with Gasteiger partial charge in [0.2, 0.25) is 0 Å². The molecule has 0 amide bonds. The highest BCUT2D eigenvalue weighted by atomic mass is 127. The molecule has 1 nitrogen and oxygen atoms in total. The molecule has 3 heteroatoms. The van der Waals surface area contributed by atoms with E-state index < -0.39 is 0 Å². The SMILES string of the molecule is Cc1ccccc1.Clc1ncccc1I. The van der Waals surface area contributed by atoms with E-state index in [9.17, 15) is 0 Å². The van der Waals surface area contributed by atoms with Crippen molar-refractivity contribution in [3.63, 3.8) is 0 Å². The number of nitrogens with zero attached hydrogens (tertiary/aromatic N) is 1. The number of pyridine rings is 1. The molecule has 0 atom stereocenters. The van der Waals surface area contributed by atoms with Crippen LogP contribution in [0.5, 0.6) is 0 Å². The Kier molecular flexibility index (Phi) is 5.65. The fourth-order valence-corrected chi connectivity index (χ4v) is 1.37. The molecule has 2 rings (SSSR count). The Hall–Kier alpha value is -0.610. The van der Waals surface area contributed by atoms with Gasteiger partial charge >= 0.3 is 0 Å². The summed E-state index contributed by atoms with van der Waals surface area (Å²) < 4.78 is 0.992. The second-order valence-electron chi connectivity index (χ2n) is 2.93. The molecule has 0 unspecified atom stereocenters. The van der Waals surface area contributed by atoms with Gasteiger partial charge in [0.25, 0.3) is 0 Å². The molecule has 1 aromatic carbocycles. The molecular formula is C12H11ClIN. The van der Waals surface area contributed by atoms with E-state index in [0.717, 1.165) is 3.57 Å². The standard InChI is InChI=1S/C7H8.C5H3ClIN/c1-7-5-3-2-4-6-7;6-5-4(7)2-1-3-8-5/h2-6H,1H3;1-3H. The molecule has 0 saturated heterocycles. The van der Waals surface area contributed by atoms with Crippen molar-refractivity contribution >= 4 is 34.2 Å². The van der Waals surface area contributed by atoms with E-state index in [1.54, 1.807) is 6.20 Å². The van der Waals surface area contributed by atoms with E-state index in [4.69, 9.17) is 11.6 Å². The molecule has 0 aliphatic heterocycles. The van der Waals surface area contributed by atoms with Crippen LogP contribution in [0.3, 0.4) is 0 Å². The summed E-state index contributed by atoms with van der Waals surface area (Å²) in [6.45, 7) is 2.08. The van der Waals surface area contributed by atoms with Gasteiger partial charge in [-0.25, -0.2) is 4.98 Å². The normalized spacial score (nSPS) is 9.00. The van der Waals surface area contributed by atoms with Crippen LogP contribution in [0, 0.1) is 10.5 Å². The van der Waals surface area contributed by atoms with Gasteiger partial charge in [0.05, 0.1) is 3.57 Å². The van der Waals surface area contributed by atoms with Crippen molar-refractivity contribution in [1.82, 2.24) is 4.98 Å². The Morgan fingerprint density at radius 2 is 1.73 bits per heavy atom. The quantitative estimate of drug-likeness (QED) is 0.517. The van der Waals surface area contributed by atoms with E-state index in [2.05, 4.69) is 46.6 Å². The number of rotatable bonds is 0. The smallest absolute Gasteiger partial charge is 0.142 e. The van der Waals surface area contributed by atoms with E-state index >= 15 is 0 Å². The van der Waals surface area contributed by atoms with Crippen LogP contribution in [0.15, 0.2) is 48.7 Å². The molecule has 15 heavy (non-hydrogen) atoms. The third-order valence-corrected chi connectivity index (χ3v) is 3.14. The third kappa shape index (κ3) is 5.14. The number of benzene rings is 1. The van der Waals surface area contributed by atoms with Gasteiger partial charge in [0, 0.05) is 6.20 Å². The van der Waals surface area contributed by atoms with E-state index in [0.29, 0.717) is 5.15 Å². The van der Waals surface area contributed by atoms with Gasteiger partial charge in [-0.15, -0.1) is 0 Å². The summed E-state index contributed by atoms with van der Waals surface area (Å²) in [6.07, 6.45) is 1.67. The van der Waals surface area contributed by atoms with E-state index in [1.807, 2.05) is 30.3 Å². The van der Waals surface area contributed by atoms with Gasteiger partial charge in [-0.3, -0.25) is 0 Å². The van der Waals surface area contributed by atoms with Crippen LogP contribution in [0.1, 0.15) is 5.56 Å². The third-order valence-electron chi connectivity index (χ3n) is 1.65. The highest BCUT2D eigenvalue weighted by Crippen LogP contribution is 2.12. The lowest BCUT2D eigenvalue weighted by Crippen LogP contribution is -1.75. The summed E-state index contributed by atoms with van der Waals surface area (Å²) in [4.78, 5) is 3.84. The molecule has 78 valence electrons. The largest absolute Gasteiger partial charge is 0.243 e. The zero-order chi connectivity index (χ0) is 11.1. The maximum Gasteiger partial charge on any atom is 0.142 e. The Morgan fingerprint density at radius 3 is 2.07 bits per heavy atom. The van der Waals surface area contributed by atoms with Crippen LogP contribution in [-0.4, -0.2) is 4.98 Å². The molecule has 1 heterocycles. The molecule has 2 aromatic rings. The van der Waals surface area contributed by atoms with E-state index in [1.165, 1.54) is 5.56 Å². The monoisotopic (exact) mass is 331 g/mol. The topological polar surface area (TPSA) is 12.9 Å². The molecule has 1 aromatic heterocycles. The van der Waals surface area contributed by atoms with Crippen molar-refractivity contribution in [1.29, 1.82) is 0 Å². The minimum absolute atomic E-state index is 0.577. The first-order valence-corrected chi connectivity index (χ1v) is 5.93. The Labute approximate surface area is 109 Å². The second-order valence-corrected chi connectivity index (χ2v) is 4.45. The van der Waals surface area contributed by atoms with E-state index in [-0.39, 0.29) is 0 Å². The van der Waals surface area contributed by atoms with Crippen molar-refractivity contribution < 1.29 is 0 Å². The van der Waals surface area contributed by atoms with Crippen LogP contribution in [0.2, 0.25) is 5.15 Å². The molecule has 0 saturated carbocycles. The van der Waals surface area contributed by atoms with Crippen molar-refractivity contribution in [2.45, 2.75) is 6.92 Å². The van der Waals surface area contributed by atoms with Crippen molar-refractivity contribution in [2.24, 2.45) is 0 Å². The minimum Gasteiger partial charge on any atom is -0.243 e. The minimum atomic E-state index is 0.577. The van der Waals surface area contributed by atoms with Crippen LogP contribution < -0.4 is 0 Å². The summed E-state index contributed by atoms with van der Waals surface area (Å²) in [6, 6.07) is 14.0. The maximum absolute atomic E-state index is 5.59. The summed E-state index contributed by atoms with van der Waals surface area (Å²) in [7, 11) is 0. The first-order valence-electron chi connectivity index (χ1n) is 4.48. The molecule has 0 fully saturated rings. The molecule has 0 N–H and O–H groups in total.